The average molecular weight is 152 g/mol. The van der Waals surface area contributed by atoms with Gasteiger partial charge in [0.1, 0.15) is 0 Å². The average Bonchev–Trinajstić information content (AvgIpc) is 2.05. The smallest absolute Gasteiger partial charge is 0.0766 e. The predicted molar refractivity (Wildman–Crippen MR) is 50.4 cm³/mol. The molecule has 0 heterocycles. The highest BCUT2D eigenvalue weighted by Crippen LogP contribution is 1.78. The molecule has 0 aromatic heterocycles. The monoisotopic (exact) mass is 152 g/mol. The minimum absolute atomic E-state index is 0.144. The molecule has 0 fully saturated rings. The van der Waals surface area contributed by atoms with E-state index in [1.165, 1.54) is 0 Å². The lowest BCUT2D eigenvalue weighted by Gasteiger charge is -2.13. The third-order valence-electron chi connectivity index (χ3n) is 1.20. The summed E-state index contributed by atoms with van der Waals surface area (Å²) in [4.78, 5) is 0. The molecule has 0 atom stereocenters. The van der Waals surface area contributed by atoms with E-state index < -0.39 is 0 Å². The van der Waals surface area contributed by atoms with Crippen molar-refractivity contribution in [1.29, 1.82) is 0 Å². The molecule has 0 aliphatic carbocycles. The van der Waals surface area contributed by atoms with Crippen molar-refractivity contribution in [1.82, 2.24) is 10.6 Å². The Balaban J connectivity index is 3.47. The van der Waals surface area contributed by atoms with Crippen LogP contribution >= 0.6 is 0 Å². The van der Waals surface area contributed by atoms with Crippen molar-refractivity contribution in [2.24, 2.45) is 0 Å². The van der Waals surface area contributed by atoms with Gasteiger partial charge in [-0.15, -0.1) is 19.7 Å². The molecule has 62 valence electrons. The summed E-state index contributed by atoms with van der Waals surface area (Å²) >= 11 is 0. The van der Waals surface area contributed by atoms with Crippen molar-refractivity contribution in [2.75, 3.05) is 13.1 Å². The van der Waals surface area contributed by atoms with Gasteiger partial charge in [0.2, 0.25) is 0 Å². The number of nitrogens with one attached hydrogen (secondary N) is 2. The fourth-order valence-corrected chi connectivity index (χ4v) is 0.659. The van der Waals surface area contributed by atoms with Crippen molar-refractivity contribution in [2.45, 2.75) is 6.17 Å². The van der Waals surface area contributed by atoms with Gasteiger partial charge in [-0.05, 0) is 0 Å². The fourth-order valence-electron chi connectivity index (χ4n) is 0.659. The zero-order valence-electron chi connectivity index (χ0n) is 6.84. The van der Waals surface area contributed by atoms with Crippen molar-refractivity contribution in [3.63, 3.8) is 0 Å². The summed E-state index contributed by atoms with van der Waals surface area (Å²) in [5.74, 6) is 0. The van der Waals surface area contributed by atoms with Gasteiger partial charge >= 0.3 is 0 Å². The predicted octanol–water partition coefficient (Wildman–Crippen LogP) is 1.05. The minimum atomic E-state index is 0.144. The molecular formula is C9H16N2. The highest BCUT2D eigenvalue weighted by molar-refractivity contribution is 4.87. The van der Waals surface area contributed by atoms with E-state index in [0.717, 1.165) is 13.1 Å². The highest BCUT2D eigenvalue weighted by Gasteiger charge is 1.96. The van der Waals surface area contributed by atoms with Gasteiger partial charge in [-0.1, -0.05) is 18.2 Å². The van der Waals surface area contributed by atoms with Gasteiger partial charge in [0.25, 0.3) is 0 Å². The SMILES string of the molecule is C=CCNC(C=C)NCC=C. The fraction of sp³-hybridized carbons (Fsp3) is 0.333. The molecule has 0 rings (SSSR count). The van der Waals surface area contributed by atoms with E-state index in [0.29, 0.717) is 0 Å². The van der Waals surface area contributed by atoms with Crippen LogP contribution in [-0.2, 0) is 0 Å². The second-order valence-electron chi connectivity index (χ2n) is 2.11. The van der Waals surface area contributed by atoms with Gasteiger partial charge < -0.3 is 0 Å². The van der Waals surface area contributed by atoms with Crippen LogP contribution in [0.2, 0.25) is 0 Å². The van der Waals surface area contributed by atoms with Crippen molar-refractivity contribution in [3.8, 4) is 0 Å². The van der Waals surface area contributed by atoms with Crippen molar-refractivity contribution < 1.29 is 0 Å². The number of hydrogen-bond acceptors (Lipinski definition) is 2. The molecule has 0 saturated heterocycles. The van der Waals surface area contributed by atoms with Crippen LogP contribution in [0.5, 0.6) is 0 Å². The summed E-state index contributed by atoms with van der Waals surface area (Å²) in [6.07, 6.45) is 5.58. The molecule has 0 unspecified atom stereocenters. The minimum Gasteiger partial charge on any atom is -0.295 e. The molecule has 2 nitrogen and oxygen atoms in total. The number of hydrogen-bond donors (Lipinski definition) is 2. The lowest BCUT2D eigenvalue weighted by atomic mass is 10.4. The highest BCUT2D eigenvalue weighted by atomic mass is 15.1. The van der Waals surface area contributed by atoms with Crippen LogP contribution in [0.15, 0.2) is 38.0 Å². The lowest BCUT2D eigenvalue weighted by Crippen LogP contribution is -2.40. The third-order valence-corrected chi connectivity index (χ3v) is 1.20. The molecule has 11 heavy (non-hydrogen) atoms. The van der Waals surface area contributed by atoms with Gasteiger partial charge in [0.15, 0.2) is 0 Å². The molecule has 2 N–H and O–H groups in total. The molecule has 0 spiro atoms. The second-order valence-corrected chi connectivity index (χ2v) is 2.11. The van der Waals surface area contributed by atoms with Crippen LogP contribution in [0.1, 0.15) is 0 Å². The van der Waals surface area contributed by atoms with Gasteiger partial charge in [-0.3, -0.25) is 10.6 Å². The Morgan fingerprint density at radius 1 is 1.00 bits per heavy atom. The van der Waals surface area contributed by atoms with Crippen molar-refractivity contribution in [3.05, 3.63) is 38.0 Å². The van der Waals surface area contributed by atoms with E-state index in [1.807, 2.05) is 18.2 Å². The van der Waals surface area contributed by atoms with Gasteiger partial charge in [0.05, 0.1) is 6.17 Å². The van der Waals surface area contributed by atoms with E-state index in [-0.39, 0.29) is 6.17 Å². The maximum atomic E-state index is 3.67. The Morgan fingerprint density at radius 3 is 1.73 bits per heavy atom. The van der Waals surface area contributed by atoms with E-state index in [4.69, 9.17) is 0 Å². The lowest BCUT2D eigenvalue weighted by molar-refractivity contribution is 0.543. The van der Waals surface area contributed by atoms with Gasteiger partial charge in [-0.2, -0.15) is 0 Å². The zero-order chi connectivity index (χ0) is 8.53. The molecule has 0 aromatic rings. The third kappa shape index (κ3) is 5.58. The van der Waals surface area contributed by atoms with Gasteiger partial charge in [-0.25, -0.2) is 0 Å². The topological polar surface area (TPSA) is 24.1 Å². The molecule has 0 bridgehead atoms. The van der Waals surface area contributed by atoms with Crippen LogP contribution in [-0.4, -0.2) is 19.3 Å². The summed E-state index contributed by atoms with van der Waals surface area (Å²) in [6.45, 7) is 12.4. The molecule has 0 aromatic carbocycles. The summed E-state index contributed by atoms with van der Waals surface area (Å²) in [7, 11) is 0. The normalized spacial score (nSPS) is 9.55. The molecule has 0 aliphatic rings. The Hall–Kier alpha value is -0.860. The Kier molecular flexibility index (Phi) is 6.68. The molecular weight excluding hydrogens is 136 g/mol. The summed E-state index contributed by atoms with van der Waals surface area (Å²) in [6, 6.07) is 0. The number of rotatable bonds is 7. The standard InChI is InChI=1S/C9H16N2/c1-4-7-10-9(6-3)11-8-5-2/h4-6,9-11H,1-3,7-8H2. The molecule has 2 heteroatoms. The van der Waals surface area contributed by atoms with Crippen LogP contribution in [0, 0.1) is 0 Å². The van der Waals surface area contributed by atoms with Gasteiger partial charge in [0, 0.05) is 13.1 Å². The van der Waals surface area contributed by atoms with E-state index in [9.17, 15) is 0 Å². The molecule has 0 aliphatic heterocycles. The van der Waals surface area contributed by atoms with Crippen LogP contribution < -0.4 is 10.6 Å². The van der Waals surface area contributed by atoms with E-state index in [1.54, 1.807) is 0 Å². The summed E-state index contributed by atoms with van der Waals surface area (Å²) < 4.78 is 0. The Labute approximate surface area is 68.7 Å². The largest absolute Gasteiger partial charge is 0.295 e. The maximum absolute atomic E-state index is 3.67. The van der Waals surface area contributed by atoms with E-state index >= 15 is 0 Å². The second kappa shape index (κ2) is 7.25. The van der Waals surface area contributed by atoms with Crippen LogP contribution in [0.3, 0.4) is 0 Å². The quantitative estimate of drug-likeness (QED) is 0.421. The molecule has 0 radical (unpaired) electrons. The zero-order valence-corrected chi connectivity index (χ0v) is 6.84. The van der Waals surface area contributed by atoms with Crippen molar-refractivity contribution >= 4 is 0 Å². The summed E-state index contributed by atoms with van der Waals surface area (Å²) in [5, 5.41) is 6.32. The first-order chi connectivity index (χ1) is 5.35. The molecule has 0 saturated carbocycles. The Morgan fingerprint density at radius 2 is 1.45 bits per heavy atom. The molecule has 0 amide bonds. The van der Waals surface area contributed by atoms with Crippen LogP contribution in [0.25, 0.3) is 0 Å². The first kappa shape index (κ1) is 10.1. The first-order valence-electron chi connectivity index (χ1n) is 3.66. The Bertz CT molecular complexity index is 118. The van der Waals surface area contributed by atoms with Crippen LogP contribution in [0.4, 0.5) is 0 Å². The van der Waals surface area contributed by atoms with E-state index in [2.05, 4.69) is 30.4 Å². The maximum Gasteiger partial charge on any atom is 0.0766 e. The first-order valence-corrected chi connectivity index (χ1v) is 3.66. The summed E-state index contributed by atoms with van der Waals surface area (Å²) in [5.41, 5.74) is 0.